The molecule has 66 valence electrons. The third-order valence-electron chi connectivity index (χ3n) is 1.45. The molecule has 0 aliphatic heterocycles. The highest BCUT2D eigenvalue weighted by molar-refractivity contribution is 9.10. The highest BCUT2D eigenvalue weighted by Gasteiger charge is 2.06. The third-order valence-corrected chi connectivity index (χ3v) is 1.95. The van der Waals surface area contributed by atoms with Crippen LogP contribution in [-0.4, -0.2) is 5.16 Å². The van der Waals surface area contributed by atoms with E-state index in [-0.39, 0.29) is 5.89 Å². The van der Waals surface area contributed by atoms with Crippen molar-refractivity contribution in [2.75, 3.05) is 0 Å². The third kappa shape index (κ3) is 1.70. The minimum atomic E-state index is -0.796. The van der Waals surface area contributed by atoms with Crippen LogP contribution in [0.15, 0.2) is 42.5 Å². The van der Waals surface area contributed by atoms with E-state index in [1.165, 1.54) is 0 Å². The molecule has 13 heavy (non-hydrogen) atoms. The van der Waals surface area contributed by atoms with Gasteiger partial charge < -0.3 is 4.42 Å². The monoisotopic (exact) mass is 241 g/mol. The molecule has 4 nitrogen and oxygen atoms in total. The summed E-state index contributed by atoms with van der Waals surface area (Å²) in [5.74, 6) is -0.610. The van der Waals surface area contributed by atoms with Gasteiger partial charge >= 0.3 is 5.82 Å². The van der Waals surface area contributed by atoms with E-state index in [2.05, 4.69) is 30.0 Å². The molecule has 0 saturated heterocycles. The van der Waals surface area contributed by atoms with Gasteiger partial charge in [-0.2, -0.15) is 0 Å². The molecule has 1 aromatic carbocycles. The first-order valence-electron chi connectivity index (χ1n) is 3.48. The van der Waals surface area contributed by atoms with Crippen LogP contribution in [0.2, 0.25) is 0 Å². The zero-order valence-electron chi connectivity index (χ0n) is 6.36. The van der Waals surface area contributed by atoms with Crippen LogP contribution in [0.1, 0.15) is 0 Å². The van der Waals surface area contributed by atoms with E-state index in [0.29, 0.717) is 5.56 Å². The van der Waals surface area contributed by atoms with Crippen LogP contribution < -0.4 is 5.82 Å². The molecule has 0 spiro atoms. The van der Waals surface area contributed by atoms with Crippen molar-refractivity contribution < 1.29 is 8.94 Å². The molecule has 0 atom stereocenters. The van der Waals surface area contributed by atoms with E-state index in [0.717, 1.165) is 4.47 Å². The number of aromatic nitrogens is 1. The zero-order valence-corrected chi connectivity index (χ0v) is 7.95. The molecule has 0 amide bonds. The SMILES string of the molecule is O=c1onc(-c2cccc(Br)c2)o1. The Labute approximate surface area is 81.3 Å². The summed E-state index contributed by atoms with van der Waals surface area (Å²) in [6.07, 6.45) is 0. The Morgan fingerprint density at radius 2 is 2.23 bits per heavy atom. The first-order chi connectivity index (χ1) is 6.25. The lowest BCUT2D eigenvalue weighted by Crippen LogP contribution is -1.85. The number of rotatable bonds is 1. The largest absolute Gasteiger partial charge is 0.542 e. The molecule has 0 bridgehead atoms. The molecule has 0 radical (unpaired) electrons. The Morgan fingerprint density at radius 1 is 1.38 bits per heavy atom. The second kappa shape index (κ2) is 3.18. The van der Waals surface area contributed by atoms with Gasteiger partial charge in [0.05, 0.1) is 0 Å². The van der Waals surface area contributed by atoms with E-state index in [1.807, 2.05) is 12.1 Å². The summed E-state index contributed by atoms with van der Waals surface area (Å²) in [6, 6.07) is 7.22. The highest BCUT2D eigenvalue weighted by atomic mass is 79.9. The quantitative estimate of drug-likeness (QED) is 0.767. The van der Waals surface area contributed by atoms with Gasteiger partial charge in [-0.3, -0.25) is 4.52 Å². The summed E-state index contributed by atoms with van der Waals surface area (Å²) >= 11 is 3.29. The molecule has 5 heteroatoms. The fraction of sp³-hybridized carbons (Fsp3) is 0. The topological polar surface area (TPSA) is 56.2 Å². The average Bonchev–Trinajstić information content (AvgIpc) is 2.52. The van der Waals surface area contributed by atoms with Crippen molar-refractivity contribution in [3.05, 3.63) is 39.4 Å². The summed E-state index contributed by atoms with van der Waals surface area (Å²) in [4.78, 5) is 10.5. The Hall–Kier alpha value is -1.36. The molecular weight excluding hydrogens is 238 g/mol. The summed E-state index contributed by atoms with van der Waals surface area (Å²) < 4.78 is 9.83. The van der Waals surface area contributed by atoms with Gasteiger partial charge in [-0.25, -0.2) is 4.79 Å². The zero-order chi connectivity index (χ0) is 9.26. The van der Waals surface area contributed by atoms with Crippen LogP contribution in [-0.2, 0) is 0 Å². The van der Waals surface area contributed by atoms with Crippen molar-refractivity contribution in [3.8, 4) is 11.5 Å². The Morgan fingerprint density at radius 3 is 2.85 bits per heavy atom. The lowest BCUT2D eigenvalue weighted by molar-refractivity contribution is 0.335. The van der Waals surface area contributed by atoms with Crippen molar-refractivity contribution in [2.45, 2.75) is 0 Å². The number of benzene rings is 1. The van der Waals surface area contributed by atoms with Gasteiger partial charge in [0.2, 0.25) is 0 Å². The molecule has 0 unspecified atom stereocenters. The molecule has 0 saturated carbocycles. The fourth-order valence-electron chi connectivity index (χ4n) is 0.928. The molecule has 1 heterocycles. The highest BCUT2D eigenvalue weighted by Crippen LogP contribution is 2.19. The Bertz CT molecular complexity index is 474. The minimum absolute atomic E-state index is 0.186. The van der Waals surface area contributed by atoms with E-state index in [9.17, 15) is 4.79 Å². The lowest BCUT2D eigenvalue weighted by Gasteiger charge is -1.92. The van der Waals surface area contributed by atoms with Crippen LogP contribution >= 0.6 is 15.9 Å². The van der Waals surface area contributed by atoms with E-state index < -0.39 is 5.82 Å². The lowest BCUT2D eigenvalue weighted by atomic mass is 10.2. The maximum absolute atomic E-state index is 10.5. The second-order valence-electron chi connectivity index (χ2n) is 2.35. The van der Waals surface area contributed by atoms with E-state index in [4.69, 9.17) is 0 Å². The smallest absolute Gasteiger partial charge is 0.370 e. The van der Waals surface area contributed by atoms with Gasteiger partial charge in [0.1, 0.15) is 0 Å². The fourth-order valence-corrected chi connectivity index (χ4v) is 1.33. The van der Waals surface area contributed by atoms with Gasteiger partial charge in [-0.1, -0.05) is 22.0 Å². The number of nitrogens with zero attached hydrogens (tertiary/aromatic N) is 1. The average molecular weight is 242 g/mol. The van der Waals surface area contributed by atoms with Crippen molar-refractivity contribution >= 4 is 15.9 Å². The van der Waals surface area contributed by atoms with Gasteiger partial charge in [-0.05, 0) is 23.4 Å². The van der Waals surface area contributed by atoms with Crippen LogP contribution in [0, 0.1) is 0 Å². The molecule has 2 rings (SSSR count). The van der Waals surface area contributed by atoms with Crippen LogP contribution in [0.5, 0.6) is 0 Å². The predicted molar refractivity (Wildman–Crippen MR) is 48.2 cm³/mol. The Kier molecular flexibility index (Phi) is 2.02. The maximum Gasteiger partial charge on any atom is 0.542 e. The normalized spacial score (nSPS) is 10.2. The van der Waals surface area contributed by atoms with Gasteiger partial charge in [-0.15, -0.1) is 0 Å². The summed E-state index contributed by atoms with van der Waals surface area (Å²) in [5, 5.41) is 3.45. The maximum atomic E-state index is 10.5. The van der Waals surface area contributed by atoms with Gasteiger partial charge in [0, 0.05) is 10.0 Å². The van der Waals surface area contributed by atoms with Crippen molar-refractivity contribution in [1.29, 1.82) is 0 Å². The van der Waals surface area contributed by atoms with Crippen LogP contribution in [0.4, 0.5) is 0 Å². The van der Waals surface area contributed by atoms with Gasteiger partial charge in [0.25, 0.3) is 5.89 Å². The van der Waals surface area contributed by atoms with Crippen molar-refractivity contribution in [1.82, 2.24) is 5.16 Å². The minimum Gasteiger partial charge on any atom is -0.370 e. The summed E-state index contributed by atoms with van der Waals surface area (Å²) in [7, 11) is 0. The molecule has 0 N–H and O–H groups in total. The summed E-state index contributed by atoms with van der Waals surface area (Å²) in [6.45, 7) is 0. The molecule has 1 aromatic heterocycles. The molecule has 0 aliphatic rings. The standard InChI is InChI=1S/C8H4BrNO3/c9-6-3-1-2-5(4-6)7-10-13-8(11)12-7/h1-4H. The van der Waals surface area contributed by atoms with E-state index >= 15 is 0 Å². The Balaban J connectivity index is 2.52. The molecule has 2 aromatic rings. The first-order valence-corrected chi connectivity index (χ1v) is 4.28. The van der Waals surface area contributed by atoms with E-state index in [1.54, 1.807) is 12.1 Å². The first kappa shape index (κ1) is 8.25. The number of hydrogen-bond donors (Lipinski definition) is 0. The molecule has 0 aliphatic carbocycles. The van der Waals surface area contributed by atoms with Crippen molar-refractivity contribution in [3.63, 3.8) is 0 Å². The van der Waals surface area contributed by atoms with Crippen LogP contribution in [0.25, 0.3) is 11.5 Å². The van der Waals surface area contributed by atoms with Crippen LogP contribution in [0.3, 0.4) is 0 Å². The molecular formula is C8H4BrNO3. The summed E-state index contributed by atoms with van der Waals surface area (Å²) in [5.41, 5.74) is 0.695. The van der Waals surface area contributed by atoms with Gasteiger partial charge in [0.15, 0.2) is 0 Å². The number of hydrogen-bond acceptors (Lipinski definition) is 4. The molecule has 0 fully saturated rings. The predicted octanol–water partition coefficient (Wildman–Crippen LogP) is 2.06. The number of halogens is 1. The second-order valence-corrected chi connectivity index (χ2v) is 3.27. The van der Waals surface area contributed by atoms with Crippen molar-refractivity contribution in [2.24, 2.45) is 0 Å².